The quantitative estimate of drug-likeness (QED) is 0.804. The fraction of sp³-hybridized carbons (Fsp3) is 0.917. The van der Waals surface area contributed by atoms with Crippen molar-refractivity contribution in [3.8, 4) is 0 Å². The van der Waals surface area contributed by atoms with Gasteiger partial charge in [-0.1, -0.05) is 6.92 Å². The van der Waals surface area contributed by atoms with Crippen molar-refractivity contribution in [2.24, 2.45) is 5.73 Å². The molecule has 0 saturated carbocycles. The first kappa shape index (κ1) is 14.8. The third kappa shape index (κ3) is 4.16. The van der Waals surface area contributed by atoms with E-state index < -0.39 is 0 Å². The second-order valence-corrected chi connectivity index (χ2v) is 5.57. The molecule has 1 heterocycles. The van der Waals surface area contributed by atoms with Crippen LogP contribution in [0.5, 0.6) is 0 Å². The normalized spacial score (nSPS) is 26.9. The van der Waals surface area contributed by atoms with Gasteiger partial charge in [-0.25, -0.2) is 0 Å². The van der Waals surface area contributed by atoms with E-state index in [0.717, 1.165) is 18.6 Å². The predicted octanol–water partition coefficient (Wildman–Crippen LogP) is 1.09. The highest BCUT2D eigenvalue weighted by atomic mass is 32.2. The van der Waals surface area contributed by atoms with Gasteiger partial charge in [0.1, 0.15) is 0 Å². The molecule has 0 aliphatic carbocycles. The summed E-state index contributed by atoms with van der Waals surface area (Å²) in [7, 11) is 0. The van der Waals surface area contributed by atoms with Gasteiger partial charge in [0.25, 0.3) is 0 Å². The van der Waals surface area contributed by atoms with Crippen molar-refractivity contribution in [2.45, 2.75) is 44.9 Å². The van der Waals surface area contributed by atoms with Crippen molar-refractivity contribution >= 4 is 17.7 Å². The SMILES string of the molecule is CCC1COC(C)CN1C(=O)[C@@H](N)CCSC. The highest BCUT2D eigenvalue weighted by Crippen LogP contribution is 2.16. The lowest BCUT2D eigenvalue weighted by atomic mass is 10.1. The van der Waals surface area contributed by atoms with Crippen molar-refractivity contribution in [1.82, 2.24) is 4.90 Å². The first-order valence-electron chi connectivity index (χ1n) is 6.26. The summed E-state index contributed by atoms with van der Waals surface area (Å²) < 4.78 is 5.58. The van der Waals surface area contributed by atoms with Crippen LogP contribution in [0.4, 0.5) is 0 Å². The van der Waals surface area contributed by atoms with Gasteiger partial charge in [0.2, 0.25) is 5.91 Å². The molecule has 0 radical (unpaired) electrons. The molecule has 1 rings (SSSR count). The number of hydrogen-bond acceptors (Lipinski definition) is 4. The molecule has 0 aromatic rings. The van der Waals surface area contributed by atoms with Crippen LogP contribution >= 0.6 is 11.8 Å². The van der Waals surface area contributed by atoms with Crippen molar-refractivity contribution in [2.75, 3.05) is 25.2 Å². The average molecular weight is 260 g/mol. The van der Waals surface area contributed by atoms with Crippen LogP contribution in [-0.2, 0) is 9.53 Å². The Bertz CT molecular complexity index is 251. The molecule has 0 aromatic carbocycles. The smallest absolute Gasteiger partial charge is 0.239 e. The molecule has 0 aromatic heterocycles. The number of amides is 1. The molecule has 1 aliphatic rings. The number of ether oxygens (including phenoxy) is 1. The van der Waals surface area contributed by atoms with Gasteiger partial charge in [-0.15, -0.1) is 0 Å². The van der Waals surface area contributed by atoms with Gasteiger partial charge < -0.3 is 15.4 Å². The largest absolute Gasteiger partial charge is 0.375 e. The van der Waals surface area contributed by atoms with Gasteiger partial charge >= 0.3 is 0 Å². The molecule has 1 fully saturated rings. The van der Waals surface area contributed by atoms with Crippen molar-refractivity contribution < 1.29 is 9.53 Å². The van der Waals surface area contributed by atoms with E-state index in [-0.39, 0.29) is 24.1 Å². The van der Waals surface area contributed by atoms with Crippen LogP contribution in [0.3, 0.4) is 0 Å². The number of morpholine rings is 1. The summed E-state index contributed by atoms with van der Waals surface area (Å²) >= 11 is 1.73. The van der Waals surface area contributed by atoms with Crippen LogP contribution in [0.1, 0.15) is 26.7 Å². The summed E-state index contributed by atoms with van der Waals surface area (Å²) in [4.78, 5) is 14.2. The standard InChI is InChI=1S/C12H24N2O2S/c1-4-10-8-16-9(2)7-14(10)12(15)11(13)5-6-17-3/h9-11H,4-8,13H2,1-3H3/t9?,10?,11-/m0/s1. The Morgan fingerprint density at radius 3 is 2.94 bits per heavy atom. The summed E-state index contributed by atoms with van der Waals surface area (Å²) in [6, 6.07) is -0.166. The molecule has 2 unspecified atom stereocenters. The molecule has 3 atom stereocenters. The maximum absolute atomic E-state index is 12.3. The number of nitrogens with zero attached hydrogens (tertiary/aromatic N) is 1. The summed E-state index contributed by atoms with van der Waals surface area (Å²) in [5.74, 6) is 1.02. The number of thioether (sulfide) groups is 1. The maximum atomic E-state index is 12.3. The highest BCUT2D eigenvalue weighted by molar-refractivity contribution is 7.98. The first-order chi connectivity index (χ1) is 8.10. The van der Waals surface area contributed by atoms with Crippen molar-refractivity contribution in [3.05, 3.63) is 0 Å². The molecule has 0 bridgehead atoms. The maximum Gasteiger partial charge on any atom is 0.239 e. The zero-order chi connectivity index (χ0) is 12.8. The van der Waals surface area contributed by atoms with E-state index in [1.165, 1.54) is 0 Å². The lowest BCUT2D eigenvalue weighted by molar-refractivity contribution is -0.145. The molecule has 1 aliphatic heterocycles. The molecular formula is C12H24N2O2S. The fourth-order valence-electron chi connectivity index (χ4n) is 2.03. The van der Waals surface area contributed by atoms with E-state index in [4.69, 9.17) is 10.5 Å². The number of carbonyl (C=O) groups is 1. The minimum Gasteiger partial charge on any atom is -0.375 e. The van der Waals surface area contributed by atoms with Gasteiger partial charge in [0, 0.05) is 6.54 Å². The van der Waals surface area contributed by atoms with Crippen LogP contribution in [0, 0.1) is 0 Å². The van der Waals surface area contributed by atoms with Gasteiger partial charge in [0.15, 0.2) is 0 Å². The van der Waals surface area contributed by atoms with Crippen LogP contribution in [-0.4, -0.2) is 54.2 Å². The Balaban J connectivity index is 2.57. The van der Waals surface area contributed by atoms with Crippen LogP contribution in [0.15, 0.2) is 0 Å². The third-order valence-corrected chi connectivity index (χ3v) is 3.82. The van der Waals surface area contributed by atoms with E-state index in [9.17, 15) is 4.79 Å². The molecule has 1 saturated heterocycles. The molecular weight excluding hydrogens is 236 g/mol. The number of hydrogen-bond donors (Lipinski definition) is 1. The van der Waals surface area contributed by atoms with E-state index in [0.29, 0.717) is 13.2 Å². The topological polar surface area (TPSA) is 55.6 Å². The van der Waals surface area contributed by atoms with E-state index in [1.807, 2.05) is 18.1 Å². The summed E-state index contributed by atoms with van der Waals surface area (Å²) in [5, 5.41) is 0. The molecule has 1 amide bonds. The third-order valence-electron chi connectivity index (χ3n) is 3.17. The Morgan fingerprint density at radius 1 is 1.65 bits per heavy atom. The molecule has 5 heteroatoms. The summed E-state index contributed by atoms with van der Waals surface area (Å²) in [5.41, 5.74) is 5.95. The second kappa shape index (κ2) is 7.24. The zero-order valence-electron chi connectivity index (χ0n) is 11.0. The minimum atomic E-state index is -0.359. The van der Waals surface area contributed by atoms with E-state index in [1.54, 1.807) is 11.8 Å². The van der Waals surface area contributed by atoms with E-state index in [2.05, 4.69) is 6.92 Å². The minimum absolute atomic E-state index is 0.0843. The highest BCUT2D eigenvalue weighted by Gasteiger charge is 2.31. The molecule has 17 heavy (non-hydrogen) atoms. The van der Waals surface area contributed by atoms with Gasteiger partial charge in [0.05, 0.1) is 24.8 Å². The van der Waals surface area contributed by atoms with Crippen LogP contribution in [0.25, 0.3) is 0 Å². The van der Waals surface area contributed by atoms with Gasteiger partial charge in [-0.3, -0.25) is 4.79 Å². The fourth-order valence-corrected chi connectivity index (χ4v) is 2.52. The zero-order valence-corrected chi connectivity index (χ0v) is 11.8. The van der Waals surface area contributed by atoms with Gasteiger partial charge in [-0.05, 0) is 31.8 Å². The second-order valence-electron chi connectivity index (χ2n) is 4.58. The predicted molar refractivity (Wildman–Crippen MR) is 72.2 cm³/mol. The Hall–Kier alpha value is -0.260. The Kier molecular flexibility index (Phi) is 6.30. The summed E-state index contributed by atoms with van der Waals surface area (Å²) in [6.07, 6.45) is 3.83. The lowest BCUT2D eigenvalue weighted by Gasteiger charge is -2.39. The molecule has 100 valence electrons. The van der Waals surface area contributed by atoms with E-state index >= 15 is 0 Å². The molecule has 4 nitrogen and oxygen atoms in total. The molecule has 0 spiro atoms. The number of nitrogens with two attached hydrogens (primary N) is 1. The van der Waals surface area contributed by atoms with Crippen LogP contribution in [0.2, 0.25) is 0 Å². The first-order valence-corrected chi connectivity index (χ1v) is 7.66. The molecule has 2 N–H and O–H groups in total. The van der Waals surface area contributed by atoms with Crippen molar-refractivity contribution in [1.29, 1.82) is 0 Å². The Morgan fingerprint density at radius 2 is 2.35 bits per heavy atom. The average Bonchev–Trinajstić information content (AvgIpc) is 2.34. The lowest BCUT2D eigenvalue weighted by Crippen LogP contribution is -2.55. The van der Waals surface area contributed by atoms with Crippen molar-refractivity contribution in [3.63, 3.8) is 0 Å². The summed E-state index contributed by atoms with van der Waals surface area (Å²) in [6.45, 7) is 5.39. The Labute approximate surface area is 108 Å². The van der Waals surface area contributed by atoms with Crippen LogP contribution < -0.4 is 5.73 Å². The van der Waals surface area contributed by atoms with Gasteiger partial charge in [-0.2, -0.15) is 11.8 Å². The monoisotopic (exact) mass is 260 g/mol. The number of carbonyl (C=O) groups excluding carboxylic acids is 1. The number of rotatable bonds is 5.